The average Bonchev–Trinajstić information content (AvgIpc) is 2.71. The highest BCUT2D eigenvalue weighted by Crippen LogP contribution is 2.13. The lowest BCUT2D eigenvalue weighted by molar-refractivity contribution is 0.0951. The van der Waals surface area contributed by atoms with Gasteiger partial charge in [-0.25, -0.2) is 8.42 Å². The minimum Gasteiger partial charge on any atom is -0.489 e. The SMILES string of the molecule is CS(=O)(=O)Nc1ccc(C(=O)NCc2ccc(COc3ccccc3)cc2)cc1. The van der Waals surface area contributed by atoms with Crippen LogP contribution in [-0.2, 0) is 23.2 Å². The van der Waals surface area contributed by atoms with Crippen LogP contribution in [0.3, 0.4) is 0 Å². The predicted octanol–water partition coefficient (Wildman–Crippen LogP) is 3.57. The lowest BCUT2D eigenvalue weighted by atomic mass is 10.1. The van der Waals surface area contributed by atoms with Crippen LogP contribution in [0.5, 0.6) is 5.75 Å². The predicted molar refractivity (Wildman–Crippen MR) is 113 cm³/mol. The van der Waals surface area contributed by atoms with Gasteiger partial charge in [-0.3, -0.25) is 9.52 Å². The van der Waals surface area contributed by atoms with Crippen molar-refractivity contribution >= 4 is 21.6 Å². The average molecular weight is 410 g/mol. The summed E-state index contributed by atoms with van der Waals surface area (Å²) < 4.78 is 30.5. The zero-order valence-corrected chi connectivity index (χ0v) is 16.8. The Labute approximate surface area is 170 Å². The molecular weight excluding hydrogens is 388 g/mol. The number of anilines is 1. The van der Waals surface area contributed by atoms with Crippen molar-refractivity contribution < 1.29 is 17.9 Å². The Bertz CT molecular complexity index is 1050. The maximum Gasteiger partial charge on any atom is 0.251 e. The Morgan fingerprint density at radius 2 is 1.48 bits per heavy atom. The number of carbonyl (C=O) groups is 1. The Kier molecular flexibility index (Phi) is 6.51. The van der Waals surface area contributed by atoms with Crippen LogP contribution >= 0.6 is 0 Å². The third-order valence-corrected chi connectivity index (χ3v) is 4.68. The Hall–Kier alpha value is -3.32. The number of carbonyl (C=O) groups excluding carboxylic acids is 1. The molecule has 0 aromatic heterocycles. The van der Waals surface area contributed by atoms with Gasteiger partial charge in [0.15, 0.2) is 0 Å². The Morgan fingerprint density at radius 3 is 2.10 bits per heavy atom. The van der Waals surface area contributed by atoms with Gasteiger partial charge >= 0.3 is 0 Å². The van der Waals surface area contributed by atoms with Crippen molar-refractivity contribution in [1.82, 2.24) is 5.32 Å². The monoisotopic (exact) mass is 410 g/mol. The van der Waals surface area contributed by atoms with Gasteiger partial charge in [0.1, 0.15) is 12.4 Å². The number of hydrogen-bond acceptors (Lipinski definition) is 4. The van der Waals surface area contributed by atoms with Gasteiger partial charge in [0, 0.05) is 17.8 Å². The lowest BCUT2D eigenvalue weighted by Crippen LogP contribution is -2.22. The summed E-state index contributed by atoms with van der Waals surface area (Å²) in [5.41, 5.74) is 2.88. The van der Waals surface area contributed by atoms with E-state index < -0.39 is 10.0 Å². The van der Waals surface area contributed by atoms with Gasteiger partial charge in [0.25, 0.3) is 5.91 Å². The molecule has 3 aromatic carbocycles. The van der Waals surface area contributed by atoms with E-state index in [0.717, 1.165) is 23.1 Å². The van der Waals surface area contributed by atoms with E-state index in [9.17, 15) is 13.2 Å². The zero-order valence-electron chi connectivity index (χ0n) is 16.0. The van der Waals surface area contributed by atoms with Crippen molar-refractivity contribution in [2.75, 3.05) is 11.0 Å². The lowest BCUT2D eigenvalue weighted by Gasteiger charge is -2.09. The molecule has 0 aliphatic carbocycles. The second-order valence-electron chi connectivity index (χ2n) is 6.55. The number of rotatable bonds is 8. The molecule has 0 fully saturated rings. The molecule has 1 amide bonds. The summed E-state index contributed by atoms with van der Waals surface area (Å²) in [6.07, 6.45) is 1.08. The number of nitrogens with one attached hydrogen (secondary N) is 2. The molecular formula is C22H22N2O4S. The molecule has 0 spiro atoms. The molecule has 0 aliphatic rings. The highest BCUT2D eigenvalue weighted by atomic mass is 32.2. The molecule has 0 saturated heterocycles. The molecule has 6 nitrogen and oxygen atoms in total. The second-order valence-corrected chi connectivity index (χ2v) is 8.30. The van der Waals surface area contributed by atoms with Crippen molar-refractivity contribution in [2.45, 2.75) is 13.2 Å². The van der Waals surface area contributed by atoms with E-state index in [0.29, 0.717) is 24.4 Å². The van der Waals surface area contributed by atoms with Crippen LogP contribution in [0.1, 0.15) is 21.5 Å². The summed E-state index contributed by atoms with van der Waals surface area (Å²) >= 11 is 0. The molecule has 0 saturated carbocycles. The molecule has 7 heteroatoms. The highest BCUT2D eigenvalue weighted by molar-refractivity contribution is 7.92. The second kappa shape index (κ2) is 9.25. The maximum atomic E-state index is 12.3. The topological polar surface area (TPSA) is 84.5 Å². The fraction of sp³-hybridized carbons (Fsp3) is 0.136. The zero-order chi connectivity index (χ0) is 20.7. The van der Waals surface area contributed by atoms with E-state index in [1.807, 2.05) is 54.6 Å². The quantitative estimate of drug-likeness (QED) is 0.595. The first kappa shape index (κ1) is 20.4. The van der Waals surface area contributed by atoms with E-state index in [1.54, 1.807) is 24.3 Å². The first-order valence-electron chi connectivity index (χ1n) is 9.01. The molecule has 3 rings (SSSR count). The van der Waals surface area contributed by atoms with Gasteiger partial charge in [0.05, 0.1) is 6.26 Å². The fourth-order valence-corrected chi connectivity index (χ4v) is 3.19. The largest absolute Gasteiger partial charge is 0.489 e. The first-order chi connectivity index (χ1) is 13.9. The molecule has 0 unspecified atom stereocenters. The standard InChI is InChI=1S/C22H22N2O4S/c1-29(26,27)24-20-13-11-19(12-14-20)22(25)23-15-17-7-9-18(10-8-17)16-28-21-5-3-2-4-6-21/h2-14,24H,15-16H2,1H3,(H,23,25). The molecule has 150 valence electrons. The number of sulfonamides is 1. The summed E-state index contributed by atoms with van der Waals surface area (Å²) in [5.74, 6) is 0.592. The van der Waals surface area contributed by atoms with E-state index in [2.05, 4.69) is 10.0 Å². The van der Waals surface area contributed by atoms with Crippen molar-refractivity contribution in [3.8, 4) is 5.75 Å². The van der Waals surface area contributed by atoms with Crippen LogP contribution in [0.25, 0.3) is 0 Å². The van der Waals surface area contributed by atoms with Crippen molar-refractivity contribution in [3.05, 3.63) is 95.6 Å². The number of ether oxygens (including phenoxy) is 1. The Balaban J connectivity index is 1.49. The van der Waals surface area contributed by atoms with Crippen LogP contribution in [0, 0.1) is 0 Å². The maximum absolute atomic E-state index is 12.3. The van der Waals surface area contributed by atoms with E-state index in [1.165, 1.54) is 0 Å². The van der Waals surface area contributed by atoms with E-state index in [-0.39, 0.29) is 5.91 Å². The van der Waals surface area contributed by atoms with Gasteiger partial charge < -0.3 is 10.1 Å². The van der Waals surface area contributed by atoms with Crippen molar-refractivity contribution in [3.63, 3.8) is 0 Å². The van der Waals surface area contributed by atoms with Gasteiger partial charge in [-0.05, 0) is 47.5 Å². The van der Waals surface area contributed by atoms with Gasteiger partial charge in [-0.2, -0.15) is 0 Å². The third-order valence-electron chi connectivity index (χ3n) is 4.08. The summed E-state index contributed by atoms with van der Waals surface area (Å²) in [7, 11) is -3.34. The Morgan fingerprint density at radius 1 is 0.862 bits per heavy atom. The van der Waals surface area contributed by atoms with Gasteiger partial charge in [0.2, 0.25) is 10.0 Å². The number of hydrogen-bond donors (Lipinski definition) is 2. The van der Waals surface area contributed by atoms with Crippen LogP contribution in [0.4, 0.5) is 5.69 Å². The fourth-order valence-electron chi connectivity index (χ4n) is 2.62. The molecule has 0 heterocycles. The van der Waals surface area contributed by atoms with Crippen molar-refractivity contribution in [2.24, 2.45) is 0 Å². The summed E-state index contributed by atoms with van der Waals surface area (Å²) in [6, 6.07) is 23.7. The summed E-state index contributed by atoms with van der Waals surface area (Å²) in [6.45, 7) is 0.868. The minimum absolute atomic E-state index is 0.229. The molecule has 2 N–H and O–H groups in total. The van der Waals surface area contributed by atoms with Crippen LogP contribution in [0.15, 0.2) is 78.9 Å². The van der Waals surface area contributed by atoms with Gasteiger partial charge in [-0.1, -0.05) is 42.5 Å². The normalized spacial score (nSPS) is 10.9. The summed E-state index contributed by atoms with van der Waals surface area (Å²) in [4.78, 5) is 12.3. The highest BCUT2D eigenvalue weighted by Gasteiger charge is 2.07. The molecule has 0 radical (unpaired) electrons. The van der Waals surface area contributed by atoms with Gasteiger partial charge in [-0.15, -0.1) is 0 Å². The molecule has 29 heavy (non-hydrogen) atoms. The van der Waals surface area contributed by atoms with E-state index in [4.69, 9.17) is 4.74 Å². The number of para-hydroxylation sites is 1. The first-order valence-corrected chi connectivity index (χ1v) is 10.9. The molecule has 0 bridgehead atoms. The molecule has 0 aliphatic heterocycles. The van der Waals surface area contributed by atoms with Crippen LogP contribution in [0.2, 0.25) is 0 Å². The van der Waals surface area contributed by atoms with Crippen LogP contribution in [-0.4, -0.2) is 20.6 Å². The number of benzene rings is 3. The minimum atomic E-state index is -3.34. The third kappa shape index (κ3) is 6.65. The smallest absolute Gasteiger partial charge is 0.251 e. The van der Waals surface area contributed by atoms with Crippen molar-refractivity contribution in [1.29, 1.82) is 0 Å². The summed E-state index contributed by atoms with van der Waals surface area (Å²) in [5, 5.41) is 2.85. The van der Waals surface area contributed by atoms with E-state index >= 15 is 0 Å². The van der Waals surface area contributed by atoms with Crippen LogP contribution < -0.4 is 14.8 Å². The molecule has 3 aromatic rings. The number of amides is 1. The molecule has 0 atom stereocenters.